The number of rotatable bonds is 6. The zero-order chi connectivity index (χ0) is 21.0. The van der Waals surface area contributed by atoms with E-state index in [4.69, 9.17) is 14.2 Å². The average molecular weight is 428 g/mol. The number of amides is 1. The molecule has 1 amide bonds. The molecule has 1 N–H and O–H groups in total. The molecule has 29 heavy (non-hydrogen) atoms. The van der Waals surface area contributed by atoms with Crippen molar-refractivity contribution >= 4 is 21.6 Å². The van der Waals surface area contributed by atoms with Gasteiger partial charge in [-0.2, -0.15) is 4.31 Å². The first-order valence-electron chi connectivity index (χ1n) is 9.73. The summed E-state index contributed by atoms with van der Waals surface area (Å²) in [6, 6.07) is 4.65. The van der Waals surface area contributed by atoms with Crippen LogP contribution in [0, 0.1) is 0 Å². The summed E-state index contributed by atoms with van der Waals surface area (Å²) in [5.74, 6) is 0.0384. The number of hydrogen-bond donors (Lipinski definition) is 1. The van der Waals surface area contributed by atoms with Crippen LogP contribution >= 0.6 is 0 Å². The van der Waals surface area contributed by atoms with Gasteiger partial charge in [-0.3, -0.25) is 9.69 Å². The van der Waals surface area contributed by atoms with E-state index in [9.17, 15) is 13.2 Å². The average Bonchev–Trinajstić information content (AvgIpc) is 2.67. The number of anilines is 1. The molecule has 2 atom stereocenters. The molecular formula is C19H29N3O6S. The van der Waals surface area contributed by atoms with Gasteiger partial charge in [-0.25, -0.2) is 8.42 Å². The van der Waals surface area contributed by atoms with Gasteiger partial charge >= 0.3 is 0 Å². The van der Waals surface area contributed by atoms with E-state index in [1.165, 1.54) is 17.5 Å². The summed E-state index contributed by atoms with van der Waals surface area (Å²) in [6.07, 6.45) is 0.135. The van der Waals surface area contributed by atoms with Crippen LogP contribution in [0.4, 0.5) is 5.69 Å². The lowest BCUT2D eigenvalue weighted by Gasteiger charge is -2.34. The Labute approximate surface area is 171 Å². The van der Waals surface area contributed by atoms with Crippen LogP contribution in [0.3, 0.4) is 0 Å². The predicted molar refractivity (Wildman–Crippen MR) is 108 cm³/mol. The maximum atomic E-state index is 13.0. The Hall–Kier alpha value is -1.72. The molecule has 2 aliphatic heterocycles. The number of methoxy groups -OCH3 is 1. The van der Waals surface area contributed by atoms with E-state index in [1.54, 1.807) is 12.1 Å². The van der Waals surface area contributed by atoms with Crippen molar-refractivity contribution in [3.05, 3.63) is 18.2 Å². The number of nitrogens with zero attached hydrogens (tertiary/aromatic N) is 2. The number of hydrogen-bond acceptors (Lipinski definition) is 7. The van der Waals surface area contributed by atoms with Gasteiger partial charge in [0.1, 0.15) is 10.6 Å². The summed E-state index contributed by atoms with van der Waals surface area (Å²) >= 11 is 0. The summed E-state index contributed by atoms with van der Waals surface area (Å²) in [5, 5.41) is 2.80. The van der Waals surface area contributed by atoms with Crippen LogP contribution in [0.15, 0.2) is 23.1 Å². The SMILES string of the molecule is COc1ccc(NC(=O)CN2C[C@@H](C)O[C@H](C)C2)cc1S(=O)(=O)N1CCOCC1. The lowest BCUT2D eigenvalue weighted by Crippen LogP contribution is -2.48. The molecule has 0 radical (unpaired) electrons. The van der Waals surface area contributed by atoms with E-state index >= 15 is 0 Å². The molecule has 0 spiro atoms. The minimum absolute atomic E-state index is 0.0355. The predicted octanol–water partition coefficient (Wildman–Crippen LogP) is 0.764. The third-order valence-electron chi connectivity index (χ3n) is 4.90. The molecule has 9 nitrogen and oxygen atoms in total. The first-order chi connectivity index (χ1) is 13.8. The zero-order valence-electron chi connectivity index (χ0n) is 17.1. The van der Waals surface area contributed by atoms with Crippen molar-refractivity contribution in [1.29, 1.82) is 0 Å². The molecule has 2 heterocycles. The number of carbonyl (C=O) groups is 1. The van der Waals surface area contributed by atoms with E-state index in [-0.39, 0.29) is 48.4 Å². The smallest absolute Gasteiger partial charge is 0.246 e. The lowest BCUT2D eigenvalue weighted by atomic mass is 10.2. The van der Waals surface area contributed by atoms with Crippen molar-refractivity contribution in [2.45, 2.75) is 31.0 Å². The Morgan fingerprint density at radius 2 is 1.86 bits per heavy atom. The molecule has 1 aromatic carbocycles. The number of carbonyl (C=O) groups excluding carboxylic acids is 1. The molecule has 1 aromatic rings. The van der Waals surface area contributed by atoms with Gasteiger partial charge in [0, 0.05) is 31.9 Å². The van der Waals surface area contributed by atoms with Gasteiger partial charge in [-0.1, -0.05) is 0 Å². The minimum Gasteiger partial charge on any atom is -0.495 e. The number of morpholine rings is 2. The van der Waals surface area contributed by atoms with Crippen molar-refractivity contribution in [2.24, 2.45) is 0 Å². The van der Waals surface area contributed by atoms with Gasteiger partial charge < -0.3 is 19.5 Å². The van der Waals surface area contributed by atoms with Crippen molar-refractivity contribution in [3.63, 3.8) is 0 Å². The third kappa shape index (κ3) is 5.46. The first-order valence-corrected chi connectivity index (χ1v) is 11.2. The summed E-state index contributed by atoms with van der Waals surface area (Å²) in [6.45, 7) is 6.82. The molecule has 0 saturated carbocycles. The van der Waals surface area contributed by atoms with Gasteiger partial charge in [-0.05, 0) is 32.0 Å². The maximum absolute atomic E-state index is 13.0. The Morgan fingerprint density at radius 3 is 2.48 bits per heavy atom. The number of sulfonamides is 1. The maximum Gasteiger partial charge on any atom is 0.246 e. The standard InChI is InChI=1S/C19H29N3O6S/c1-14-11-21(12-15(2)28-14)13-19(23)20-16-4-5-17(26-3)18(10-16)29(24,25)22-6-8-27-9-7-22/h4-5,10,14-15H,6-9,11-13H2,1-3H3,(H,20,23)/t14-,15-/m1/s1. The van der Waals surface area contributed by atoms with Crippen LogP contribution in [-0.4, -0.2) is 88.8 Å². The van der Waals surface area contributed by atoms with Crippen LogP contribution in [0.2, 0.25) is 0 Å². The van der Waals surface area contributed by atoms with Crippen LogP contribution < -0.4 is 10.1 Å². The molecule has 3 rings (SSSR count). The Bertz CT molecular complexity index is 815. The fraction of sp³-hybridized carbons (Fsp3) is 0.632. The van der Waals surface area contributed by atoms with E-state index < -0.39 is 10.0 Å². The van der Waals surface area contributed by atoms with Crippen LogP contribution in [0.5, 0.6) is 5.75 Å². The molecular weight excluding hydrogens is 398 g/mol. The van der Waals surface area contributed by atoms with Crippen molar-refractivity contribution in [2.75, 3.05) is 58.4 Å². The van der Waals surface area contributed by atoms with Gasteiger partial charge in [-0.15, -0.1) is 0 Å². The molecule has 10 heteroatoms. The monoisotopic (exact) mass is 427 g/mol. The molecule has 0 aromatic heterocycles. The van der Waals surface area contributed by atoms with Gasteiger partial charge in [0.05, 0.1) is 39.1 Å². The van der Waals surface area contributed by atoms with Gasteiger partial charge in [0.25, 0.3) is 0 Å². The highest BCUT2D eigenvalue weighted by atomic mass is 32.2. The fourth-order valence-corrected chi connectivity index (χ4v) is 5.29. The minimum atomic E-state index is -3.75. The second-order valence-electron chi connectivity index (χ2n) is 7.38. The topological polar surface area (TPSA) is 97.4 Å². The summed E-state index contributed by atoms with van der Waals surface area (Å²) in [5.41, 5.74) is 0.414. The first kappa shape index (κ1) is 22.0. The van der Waals surface area contributed by atoms with E-state index in [0.717, 1.165) is 0 Å². The Morgan fingerprint density at radius 1 is 1.21 bits per heavy atom. The van der Waals surface area contributed by atoms with Gasteiger partial charge in [0.2, 0.25) is 15.9 Å². The largest absolute Gasteiger partial charge is 0.495 e. The van der Waals surface area contributed by atoms with Crippen molar-refractivity contribution in [3.8, 4) is 5.75 Å². The highest BCUT2D eigenvalue weighted by Crippen LogP contribution is 2.30. The summed E-state index contributed by atoms with van der Waals surface area (Å²) in [7, 11) is -2.33. The Balaban J connectivity index is 1.73. The van der Waals surface area contributed by atoms with Crippen LogP contribution in [0.25, 0.3) is 0 Å². The van der Waals surface area contributed by atoms with Crippen molar-refractivity contribution < 1.29 is 27.4 Å². The molecule has 0 unspecified atom stereocenters. The molecule has 2 fully saturated rings. The summed E-state index contributed by atoms with van der Waals surface area (Å²) < 4.78 is 43.7. The third-order valence-corrected chi connectivity index (χ3v) is 6.82. The van der Waals surface area contributed by atoms with E-state index in [2.05, 4.69) is 5.32 Å². The molecule has 0 bridgehead atoms. The molecule has 0 aliphatic carbocycles. The highest BCUT2D eigenvalue weighted by Gasteiger charge is 2.30. The molecule has 2 saturated heterocycles. The molecule has 162 valence electrons. The Kier molecular flexibility index (Phi) is 7.12. The van der Waals surface area contributed by atoms with Crippen molar-refractivity contribution in [1.82, 2.24) is 9.21 Å². The number of benzene rings is 1. The quantitative estimate of drug-likeness (QED) is 0.716. The molecule has 2 aliphatic rings. The number of ether oxygens (including phenoxy) is 3. The van der Waals surface area contributed by atoms with Crippen LogP contribution in [-0.2, 0) is 24.3 Å². The normalized spacial score (nSPS) is 24.2. The number of nitrogens with one attached hydrogen (secondary N) is 1. The van der Waals surface area contributed by atoms with Crippen LogP contribution in [0.1, 0.15) is 13.8 Å². The summed E-state index contributed by atoms with van der Waals surface area (Å²) in [4.78, 5) is 14.6. The second kappa shape index (κ2) is 9.40. The second-order valence-corrected chi connectivity index (χ2v) is 9.29. The highest BCUT2D eigenvalue weighted by molar-refractivity contribution is 7.89. The zero-order valence-corrected chi connectivity index (χ0v) is 17.9. The lowest BCUT2D eigenvalue weighted by molar-refractivity contribution is -0.121. The van der Waals surface area contributed by atoms with E-state index in [0.29, 0.717) is 32.0 Å². The van der Waals surface area contributed by atoms with E-state index in [1.807, 2.05) is 18.7 Å². The fourth-order valence-electron chi connectivity index (χ4n) is 3.70. The van der Waals surface area contributed by atoms with Gasteiger partial charge in [0.15, 0.2) is 0 Å².